The summed E-state index contributed by atoms with van der Waals surface area (Å²) in [5, 5.41) is 41.0. The standard InChI is InChI=1S/C29H15N8/c1-37-13-7-5-11-23(37)27-26(22-10-4-6-12-34-22)35-28-24(18(14-30)15-31)20-8-2-3-9-21(20)25(29(28)36-27)19(16-32)17-33/h2-13H,1H3/q+1. The fourth-order valence-corrected chi connectivity index (χ4v) is 4.37. The van der Waals surface area contributed by atoms with Crippen molar-refractivity contribution in [1.82, 2.24) is 15.0 Å². The molecule has 0 bridgehead atoms. The molecule has 0 N–H and O–H groups in total. The topological polar surface area (TPSA) is 138 Å². The lowest BCUT2D eigenvalue weighted by Crippen LogP contribution is -2.31. The number of fused-ring (bicyclic) bond motifs is 2. The Balaban J connectivity index is 2.20. The van der Waals surface area contributed by atoms with Crippen LogP contribution in [0.5, 0.6) is 0 Å². The van der Waals surface area contributed by atoms with E-state index in [-0.39, 0.29) is 22.2 Å². The number of hydrogen-bond acceptors (Lipinski definition) is 7. The summed E-state index contributed by atoms with van der Waals surface area (Å²) < 4.78 is 1.88. The van der Waals surface area contributed by atoms with Crippen LogP contribution in [0.1, 0.15) is 0 Å². The Morgan fingerprint density at radius 3 is 1.73 bits per heavy atom. The van der Waals surface area contributed by atoms with Crippen molar-refractivity contribution in [2.45, 2.75) is 0 Å². The summed E-state index contributed by atoms with van der Waals surface area (Å²) in [5.41, 5.74) is 2.35. The van der Waals surface area contributed by atoms with Gasteiger partial charge >= 0.3 is 0 Å². The zero-order valence-corrected chi connectivity index (χ0v) is 19.5. The van der Waals surface area contributed by atoms with Crippen LogP contribution >= 0.6 is 0 Å². The Morgan fingerprint density at radius 1 is 0.676 bits per heavy atom. The van der Waals surface area contributed by atoms with Gasteiger partial charge in [-0.25, -0.2) is 9.97 Å². The average Bonchev–Trinajstić information content (AvgIpc) is 2.95. The van der Waals surface area contributed by atoms with Crippen LogP contribution in [0.2, 0.25) is 0 Å². The molecule has 3 aromatic heterocycles. The lowest BCUT2D eigenvalue weighted by atomic mass is 9.98. The molecule has 0 spiro atoms. The number of aryl methyl sites for hydroxylation is 1. The molecule has 0 aliphatic heterocycles. The van der Waals surface area contributed by atoms with Gasteiger partial charge < -0.3 is 0 Å². The zero-order valence-electron chi connectivity index (χ0n) is 19.5. The van der Waals surface area contributed by atoms with Crippen LogP contribution < -0.4 is 15.0 Å². The van der Waals surface area contributed by atoms with Gasteiger partial charge in [-0.15, -0.1) is 0 Å². The molecule has 0 fully saturated rings. The Morgan fingerprint density at radius 2 is 1.22 bits per heavy atom. The number of rotatable bonds is 2. The van der Waals surface area contributed by atoms with Crippen molar-refractivity contribution in [2.75, 3.05) is 0 Å². The predicted octanol–water partition coefficient (Wildman–Crippen LogP) is 2.73. The second kappa shape index (κ2) is 9.35. The van der Waals surface area contributed by atoms with Gasteiger partial charge in [0.05, 0.1) is 5.69 Å². The third kappa shape index (κ3) is 3.69. The lowest BCUT2D eigenvalue weighted by Gasteiger charge is -2.12. The monoisotopic (exact) mass is 475 g/mol. The minimum atomic E-state index is -0.150. The molecule has 0 saturated carbocycles. The molecule has 0 aliphatic carbocycles. The molecule has 5 aromatic rings. The molecular weight excluding hydrogens is 460 g/mol. The first kappa shape index (κ1) is 22.8. The van der Waals surface area contributed by atoms with Gasteiger partial charge in [-0.05, 0) is 29.0 Å². The summed E-state index contributed by atoms with van der Waals surface area (Å²) in [7, 11) is 1.87. The van der Waals surface area contributed by atoms with Gasteiger partial charge in [0.2, 0.25) is 5.69 Å². The van der Waals surface area contributed by atoms with Crippen LogP contribution in [-0.2, 0) is 7.05 Å². The maximum absolute atomic E-state index is 9.85. The second-order valence-electron chi connectivity index (χ2n) is 8.02. The van der Waals surface area contributed by atoms with Crippen molar-refractivity contribution in [3.63, 3.8) is 0 Å². The van der Waals surface area contributed by atoms with Gasteiger partial charge in [0.25, 0.3) is 0 Å². The van der Waals surface area contributed by atoms with Crippen molar-refractivity contribution in [3.8, 4) is 47.1 Å². The summed E-state index contributed by atoms with van der Waals surface area (Å²) in [6, 6.07) is 26.0. The largest absolute Gasteiger partial charge is 0.255 e. The van der Waals surface area contributed by atoms with Crippen LogP contribution in [0.25, 0.3) is 55.7 Å². The molecule has 0 radical (unpaired) electrons. The first-order valence-corrected chi connectivity index (χ1v) is 11.1. The van der Waals surface area contributed by atoms with E-state index < -0.39 is 0 Å². The Hall–Kier alpha value is -5.96. The molecule has 2 aromatic carbocycles. The lowest BCUT2D eigenvalue weighted by molar-refractivity contribution is -0.660. The van der Waals surface area contributed by atoms with Crippen molar-refractivity contribution in [2.24, 2.45) is 7.05 Å². The summed E-state index contributed by atoms with van der Waals surface area (Å²) in [4.78, 5) is 14.4. The quantitative estimate of drug-likeness (QED) is 0.283. The number of aromatic nitrogens is 4. The Kier molecular flexibility index (Phi) is 5.77. The van der Waals surface area contributed by atoms with E-state index in [0.717, 1.165) is 5.69 Å². The van der Waals surface area contributed by atoms with Gasteiger partial charge in [0, 0.05) is 28.8 Å². The summed E-state index contributed by atoms with van der Waals surface area (Å²) >= 11 is 0. The van der Waals surface area contributed by atoms with Crippen LogP contribution in [0.4, 0.5) is 0 Å². The van der Waals surface area contributed by atoms with E-state index in [1.165, 1.54) is 0 Å². The van der Waals surface area contributed by atoms with E-state index in [1.807, 2.05) is 66.4 Å². The van der Waals surface area contributed by atoms with Crippen molar-refractivity contribution >= 4 is 33.0 Å². The predicted molar refractivity (Wildman–Crippen MR) is 135 cm³/mol. The Labute approximate surface area is 211 Å². The van der Waals surface area contributed by atoms with Gasteiger partial charge in [0.1, 0.15) is 59.2 Å². The van der Waals surface area contributed by atoms with Crippen LogP contribution in [0.15, 0.2) is 73.1 Å². The minimum Gasteiger partial charge on any atom is -0.255 e. The molecule has 8 heteroatoms. The molecule has 0 amide bonds. The van der Waals surface area contributed by atoms with Crippen molar-refractivity contribution < 1.29 is 4.57 Å². The molecule has 0 aliphatic rings. The SMILES string of the molecule is C[n+]1ccccc1-c1nc2c(=C(C#N)C#N)c3ccccc3c(=C(C#N)C#N)c2nc1-c1ccccn1. The molecule has 8 nitrogen and oxygen atoms in total. The number of pyridine rings is 2. The third-order valence-corrected chi connectivity index (χ3v) is 5.99. The van der Waals surface area contributed by atoms with E-state index in [9.17, 15) is 21.0 Å². The van der Waals surface area contributed by atoms with E-state index in [0.29, 0.717) is 38.3 Å². The average molecular weight is 475 g/mol. The number of hydrogen-bond donors (Lipinski definition) is 0. The third-order valence-electron chi connectivity index (χ3n) is 5.99. The summed E-state index contributed by atoms with van der Waals surface area (Å²) in [5.74, 6) is 0. The van der Waals surface area contributed by atoms with E-state index in [2.05, 4.69) is 4.98 Å². The van der Waals surface area contributed by atoms with Crippen LogP contribution in [0, 0.1) is 45.3 Å². The molecule has 170 valence electrons. The Bertz CT molecular complexity index is 2000. The smallest absolute Gasteiger partial charge is 0.233 e. The number of benzene rings is 2. The molecule has 3 heterocycles. The molecule has 0 saturated heterocycles. The molecule has 0 unspecified atom stereocenters. The summed E-state index contributed by atoms with van der Waals surface area (Å²) in [6.45, 7) is 0. The molecule has 5 rings (SSSR count). The fourth-order valence-electron chi connectivity index (χ4n) is 4.37. The van der Waals surface area contributed by atoms with Crippen LogP contribution in [0.3, 0.4) is 0 Å². The van der Waals surface area contributed by atoms with Gasteiger partial charge in [0.15, 0.2) is 11.9 Å². The fraction of sp³-hybridized carbons (Fsp3) is 0.0345. The van der Waals surface area contributed by atoms with E-state index in [4.69, 9.17) is 9.97 Å². The maximum atomic E-state index is 9.85. The first-order valence-electron chi connectivity index (χ1n) is 11.1. The molecule has 0 atom stereocenters. The highest BCUT2D eigenvalue weighted by Crippen LogP contribution is 2.27. The number of nitriles is 4. The van der Waals surface area contributed by atoms with Gasteiger partial charge in [-0.2, -0.15) is 25.6 Å². The second-order valence-corrected chi connectivity index (χ2v) is 8.02. The van der Waals surface area contributed by atoms with Gasteiger partial charge in [-0.1, -0.05) is 30.3 Å². The van der Waals surface area contributed by atoms with Crippen molar-refractivity contribution in [1.29, 1.82) is 21.0 Å². The molecular formula is C29H15N8+. The summed E-state index contributed by atoms with van der Waals surface area (Å²) in [6.07, 6.45) is 3.51. The highest BCUT2D eigenvalue weighted by molar-refractivity contribution is 6.04. The van der Waals surface area contributed by atoms with Crippen LogP contribution in [-0.4, -0.2) is 15.0 Å². The van der Waals surface area contributed by atoms with E-state index in [1.54, 1.807) is 42.6 Å². The zero-order chi connectivity index (χ0) is 25.9. The molecule has 37 heavy (non-hydrogen) atoms. The highest BCUT2D eigenvalue weighted by Gasteiger charge is 2.23. The van der Waals surface area contributed by atoms with E-state index >= 15 is 0 Å². The maximum Gasteiger partial charge on any atom is 0.233 e. The highest BCUT2D eigenvalue weighted by atomic mass is 15.0. The minimum absolute atomic E-state index is 0.147. The normalized spacial score (nSPS) is 10.2. The first-order chi connectivity index (χ1) is 18.1. The van der Waals surface area contributed by atoms with Gasteiger partial charge in [-0.3, -0.25) is 4.98 Å². The number of nitrogens with zero attached hydrogens (tertiary/aromatic N) is 8. The van der Waals surface area contributed by atoms with Crippen molar-refractivity contribution in [3.05, 3.63) is 83.5 Å².